The number of hydrogen-bond acceptors (Lipinski definition) is 2. The molecule has 1 N–H and O–H groups in total. The molecule has 0 radical (unpaired) electrons. The minimum Gasteiger partial charge on any atom is -0.325 e. The maximum atomic E-state index is 13.3. The Kier molecular flexibility index (Phi) is 4.23. The van der Waals surface area contributed by atoms with E-state index in [1.807, 2.05) is 31.2 Å². The maximum absolute atomic E-state index is 13.3. The number of nitrogens with zero attached hydrogens (tertiary/aromatic N) is 1. The number of carbonyl (C=O) groups is 2. The summed E-state index contributed by atoms with van der Waals surface area (Å²) in [7, 11) is 0. The standard InChI is InChI=1S/C21H21ClN2O2/c1-14-16(22)8-4-9-17(14)23-19(25)21(11-12-21)20(26)24-13-5-7-15-6-2-3-10-18(15)24/h2-4,6,8-10H,5,7,11-13H2,1H3,(H,23,25). The minimum atomic E-state index is -0.945. The summed E-state index contributed by atoms with van der Waals surface area (Å²) in [6.07, 6.45) is 3.08. The van der Waals surface area contributed by atoms with E-state index in [1.165, 1.54) is 5.56 Å². The van der Waals surface area contributed by atoms with Gasteiger partial charge in [0.1, 0.15) is 5.41 Å². The van der Waals surface area contributed by atoms with Crippen molar-refractivity contribution in [1.29, 1.82) is 0 Å². The van der Waals surface area contributed by atoms with Crippen LogP contribution in [-0.2, 0) is 16.0 Å². The van der Waals surface area contributed by atoms with Crippen molar-refractivity contribution in [3.63, 3.8) is 0 Å². The van der Waals surface area contributed by atoms with Crippen molar-refractivity contribution < 1.29 is 9.59 Å². The van der Waals surface area contributed by atoms with Gasteiger partial charge in [0.25, 0.3) is 0 Å². The largest absolute Gasteiger partial charge is 0.325 e. The quantitative estimate of drug-likeness (QED) is 0.819. The van der Waals surface area contributed by atoms with Gasteiger partial charge in [0.05, 0.1) is 0 Å². The summed E-state index contributed by atoms with van der Waals surface area (Å²) >= 11 is 6.14. The van der Waals surface area contributed by atoms with Gasteiger partial charge >= 0.3 is 0 Å². The maximum Gasteiger partial charge on any atom is 0.242 e. The van der Waals surface area contributed by atoms with Crippen LogP contribution in [0.4, 0.5) is 11.4 Å². The predicted molar refractivity (Wildman–Crippen MR) is 104 cm³/mol. The molecule has 0 atom stereocenters. The molecule has 0 bridgehead atoms. The van der Waals surface area contributed by atoms with E-state index in [0.29, 0.717) is 30.1 Å². The van der Waals surface area contributed by atoms with Crippen molar-refractivity contribution in [2.45, 2.75) is 32.6 Å². The molecule has 5 heteroatoms. The Labute approximate surface area is 158 Å². The van der Waals surface area contributed by atoms with Gasteiger partial charge in [-0.25, -0.2) is 0 Å². The van der Waals surface area contributed by atoms with Crippen molar-refractivity contribution in [3.8, 4) is 0 Å². The third-order valence-electron chi connectivity index (χ3n) is 5.47. The first kappa shape index (κ1) is 17.1. The molecule has 134 valence electrons. The molecule has 2 aromatic carbocycles. The van der Waals surface area contributed by atoms with Crippen LogP contribution >= 0.6 is 11.6 Å². The number of amides is 2. The van der Waals surface area contributed by atoms with E-state index >= 15 is 0 Å². The normalized spacial score (nSPS) is 17.4. The fourth-order valence-electron chi connectivity index (χ4n) is 3.65. The molecule has 2 aliphatic rings. The van der Waals surface area contributed by atoms with E-state index in [4.69, 9.17) is 11.6 Å². The number of carbonyl (C=O) groups excluding carboxylic acids is 2. The lowest BCUT2D eigenvalue weighted by molar-refractivity contribution is -0.132. The smallest absolute Gasteiger partial charge is 0.242 e. The van der Waals surface area contributed by atoms with Crippen LogP contribution < -0.4 is 10.2 Å². The zero-order chi connectivity index (χ0) is 18.3. The molecule has 2 aromatic rings. The highest BCUT2D eigenvalue weighted by atomic mass is 35.5. The topological polar surface area (TPSA) is 49.4 Å². The second kappa shape index (κ2) is 6.44. The Morgan fingerprint density at radius 1 is 1.12 bits per heavy atom. The lowest BCUT2D eigenvalue weighted by Gasteiger charge is -2.32. The van der Waals surface area contributed by atoms with Gasteiger partial charge in [-0.1, -0.05) is 35.9 Å². The number of hydrogen-bond donors (Lipinski definition) is 1. The Balaban J connectivity index is 1.58. The number of nitrogens with one attached hydrogen (secondary N) is 1. The summed E-state index contributed by atoms with van der Waals surface area (Å²) in [5.41, 5.74) is 2.66. The molecule has 0 unspecified atom stereocenters. The van der Waals surface area contributed by atoms with Crippen LogP contribution in [0, 0.1) is 12.3 Å². The van der Waals surface area contributed by atoms with Crippen LogP contribution in [0.15, 0.2) is 42.5 Å². The van der Waals surface area contributed by atoms with Crippen molar-refractivity contribution >= 4 is 34.8 Å². The highest BCUT2D eigenvalue weighted by molar-refractivity contribution is 6.32. The van der Waals surface area contributed by atoms with E-state index in [9.17, 15) is 9.59 Å². The molecule has 4 nitrogen and oxygen atoms in total. The van der Waals surface area contributed by atoms with Gasteiger partial charge < -0.3 is 10.2 Å². The zero-order valence-corrected chi connectivity index (χ0v) is 15.5. The average Bonchev–Trinajstić information content (AvgIpc) is 3.46. The first-order valence-corrected chi connectivity index (χ1v) is 9.37. The Morgan fingerprint density at radius 3 is 2.65 bits per heavy atom. The van der Waals surface area contributed by atoms with Crippen molar-refractivity contribution in [1.82, 2.24) is 0 Å². The monoisotopic (exact) mass is 368 g/mol. The minimum absolute atomic E-state index is 0.0816. The molecule has 0 aromatic heterocycles. The molecule has 0 saturated heterocycles. The van der Waals surface area contributed by atoms with E-state index < -0.39 is 5.41 Å². The first-order chi connectivity index (χ1) is 12.5. The van der Waals surface area contributed by atoms with Gasteiger partial charge in [0.15, 0.2) is 0 Å². The molecule has 1 aliphatic carbocycles. The van der Waals surface area contributed by atoms with Gasteiger partial charge in [-0.15, -0.1) is 0 Å². The molecule has 4 rings (SSSR count). The van der Waals surface area contributed by atoms with Gasteiger partial charge in [0.2, 0.25) is 11.8 Å². The van der Waals surface area contributed by atoms with Crippen LogP contribution in [-0.4, -0.2) is 18.4 Å². The van der Waals surface area contributed by atoms with E-state index in [2.05, 4.69) is 11.4 Å². The van der Waals surface area contributed by atoms with Gasteiger partial charge in [-0.2, -0.15) is 0 Å². The number of anilines is 2. The molecular formula is C21H21ClN2O2. The lowest BCUT2D eigenvalue weighted by atomic mass is 9.97. The van der Waals surface area contributed by atoms with E-state index in [0.717, 1.165) is 24.1 Å². The summed E-state index contributed by atoms with van der Waals surface area (Å²) in [5.74, 6) is -0.308. The fraction of sp³-hybridized carbons (Fsp3) is 0.333. The Bertz CT molecular complexity index is 889. The van der Waals surface area contributed by atoms with Crippen LogP contribution in [0.25, 0.3) is 0 Å². The molecule has 2 amide bonds. The van der Waals surface area contributed by atoms with Crippen LogP contribution in [0.3, 0.4) is 0 Å². The second-order valence-corrected chi connectivity index (χ2v) is 7.54. The first-order valence-electron chi connectivity index (χ1n) is 8.99. The fourth-order valence-corrected chi connectivity index (χ4v) is 3.83. The Hall–Kier alpha value is -2.33. The Morgan fingerprint density at radius 2 is 1.88 bits per heavy atom. The number of aryl methyl sites for hydroxylation is 1. The SMILES string of the molecule is Cc1c(Cl)cccc1NC(=O)C1(C(=O)N2CCCc3ccccc32)CC1. The van der Waals surface area contributed by atoms with Crippen molar-refractivity contribution in [3.05, 3.63) is 58.6 Å². The van der Waals surface area contributed by atoms with Crippen LogP contribution in [0.5, 0.6) is 0 Å². The molecule has 1 fully saturated rings. The third-order valence-corrected chi connectivity index (χ3v) is 5.87. The van der Waals surface area contributed by atoms with E-state index in [1.54, 1.807) is 17.0 Å². The molecule has 1 saturated carbocycles. The number of fused-ring (bicyclic) bond motifs is 1. The summed E-state index contributed by atoms with van der Waals surface area (Å²) in [4.78, 5) is 28.0. The van der Waals surface area contributed by atoms with E-state index in [-0.39, 0.29) is 11.8 Å². The van der Waals surface area contributed by atoms with Gasteiger partial charge in [-0.05, 0) is 61.9 Å². The molecule has 1 aliphatic heterocycles. The summed E-state index contributed by atoms with van der Waals surface area (Å²) in [5, 5.41) is 3.53. The number of para-hydroxylation sites is 1. The van der Waals surface area contributed by atoms with Crippen LogP contribution in [0.1, 0.15) is 30.4 Å². The van der Waals surface area contributed by atoms with Crippen molar-refractivity contribution in [2.24, 2.45) is 5.41 Å². The van der Waals surface area contributed by atoms with Crippen LogP contribution in [0.2, 0.25) is 5.02 Å². The molecule has 26 heavy (non-hydrogen) atoms. The number of halogens is 1. The van der Waals surface area contributed by atoms with Gasteiger partial charge in [-0.3, -0.25) is 9.59 Å². The summed E-state index contributed by atoms with van der Waals surface area (Å²) in [6, 6.07) is 13.4. The molecule has 1 heterocycles. The summed E-state index contributed by atoms with van der Waals surface area (Å²) < 4.78 is 0. The highest BCUT2D eigenvalue weighted by Gasteiger charge is 2.58. The highest BCUT2D eigenvalue weighted by Crippen LogP contribution is 2.49. The lowest BCUT2D eigenvalue weighted by Crippen LogP contribution is -2.45. The number of benzene rings is 2. The average molecular weight is 369 g/mol. The zero-order valence-electron chi connectivity index (χ0n) is 14.7. The van der Waals surface area contributed by atoms with Gasteiger partial charge in [0, 0.05) is 22.9 Å². The molecular weight excluding hydrogens is 348 g/mol. The predicted octanol–water partition coefficient (Wildman–Crippen LogP) is 4.35. The van der Waals surface area contributed by atoms with Crippen molar-refractivity contribution in [2.75, 3.05) is 16.8 Å². The third kappa shape index (κ3) is 2.78. The number of rotatable bonds is 3. The second-order valence-electron chi connectivity index (χ2n) is 7.14. The summed E-state index contributed by atoms with van der Waals surface area (Å²) in [6.45, 7) is 2.53. The molecule has 0 spiro atoms.